The second-order valence-electron chi connectivity index (χ2n) is 2.61. The van der Waals surface area contributed by atoms with Crippen LogP contribution < -0.4 is 11.1 Å². The molecule has 1 amide bonds. The number of nitrogens with one attached hydrogen (secondary N) is 1. The zero-order valence-electron chi connectivity index (χ0n) is 6.08. The molecule has 5 nitrogen and oxygen atoms in total. The summed E-state index contributed by atoms with van der Waals surface area (Å²) < 4.78 is 0. The molecule has 0 unspecified atom stereocenters. The molecule has 4 N–H and O–H groups in total. The zero-order chi connectivity index (χ0) is 8.27. The van der Waals surface area contributed by atoms with Crippen LogP contribution in [0.3, 0.4) is 0 Å². The third kappa shape index (κ3) is 2.88. The first-order valence-electron chi connectivity index (χ1n) is 3.48. The Kier molecular flexibility index (Phi) is 2.30. The lowest BCUT2D eigenvalue weighted by Crippen LogP contribution is -2.30. The smallest absolute Gasteiger partial charge is 0.227 e. The fourth-order valence-corrected chi connectivity index (χ4v) is 0.706. The Bertz CT molecular complexity index is 186. The van der Waals surface area contributed by atoms with Crippen molar-refractivity contribution in [2.75, 3.05) is 0 Å². The number of oxime groups is 1. The van der Waals surface area contributed by atoms with Crippen molar-refractivity contribution >= 4 is 11.7 Å². The average molecular weight is 157 g/mol. The zero-order valence-corrected chi connectivity index (χ0v) is 6.08. The molecule has 5 heteroatoms. The minimum atomic E-state index is -0.178. The fourth-order valence-electron chi connectivity index (χ4n) is 0.706. The number of carbonyl (C=O) groups is 1. The summed E-state index contributed by atoms with van der Waals surface area (Å²) in [6, 6.07) is 0.328. The first kappa shape index (κ1) is 7.84. The second-order valence-corrected chi connectivity index (χ2v) is 2.61. The Morgan fingerprint density at radius 3 is 2.82 bits per heavy atom. The molecule has 0 aromatic carbocycles. The molecular weight excluding hydrogens is 146 g/mol. The van der Waals surface area contributed by atoms with Crippen molar-refractivity contribution in [3.8, 4) is 0 Å². The van der Waals surface area contributed by atoms with Crippen molar-refractivity contribution in [3.05, 3.63) is 0 Å². The van der Waals surface area contributed by atoms with E-state index in [9.17, 15) is 4.79 Å². The summed E-state index contributed by atoms with van der Waals surface area (Å²) >= 11 is 0. The third-order valence-corrected chi connectivity index (χ3v) is 1.41. The van der Waals surface area contributed by atoms with Crippen LogP contribution in [-0.4, -0.2) is 23.0 Å². The summed E-state index contributed by atoms with van der Waals surface area (Å²) in [5.74, 6) is -0.231. The molecule has 1 saturated carbocycles. The van der Waals surface area contributed by atoms with E-state index in [4.69, 9.17) is 10.9 Å². The standard InChI is InChI=1S/C6H11N3O2/c7-5(9-11)3-6(10)8-4-1-2-4/h4,11H,1-3H2,(H2,7,9)(H,8,10). The van der Waals surface area contributed by atoms with E-state index >= 15 is 0 Å². The van der Waals surface area contributed by atoms with E-state index in [0.717, 1.165) is 12.8 Å². The molecule has 62 valence electrons. The highest BCUT2D eigenvalue weighted by atomic mass is 16.4. The van der Waals surface area contributed by atoms with Crippen LogP contribution in [0, 0.1) is 0 Å². The Balaban J connectivity index is 2.19. The van der Waals surface area contributed by atoms with Crippen LogP contribution in [-0.2, 0) is 4.79 Å². The van der Waals surface area contributed by atoms with Gasteiger partial charge in [0.1, 0.15) is 5.84 Å². The predicted molar refractivity (Wildman–Crippen MR) is 39.2 cm³/mol. The maximum absolute atomic E-state index is 10.9. The molecule has 11 heavy (non-hydrogen) atoms. The lowest BCUT2D eigenvalue weighted by atomic mass is 10.4. The molecule has 0 bridgehead atoms. The largest absolute Gasteiger partial charge is 0.409 e. The van der Waals surface area contributed by atoms with Gasteiger partial charge in [-0.05, 0) is 12.8 Å². The van der Waals surface area contributed by atoms with E-state index in [1.807, 2.05) is 0 Å². The predicted octanol–water partition coefficient (Wildman–Crippen LogP) is -0.599. The maximum Gasteiger partial charge on any atom is 0.227 e. The quantitative estimate of drug-likeness (QED) is 0.221. The topological polar surface area (TPSA) is 87.7 Å². The van der Waals surface area contributed by atoms with Crippen molar-refractivity contribution in [2.24, 2.45) is 10.9 Å². The molecule has 0 heterocycles. The molecule has 0 radical (unpaired) electrons. The first-order chi connectivity index (χ1) is 5.22. The van der Waals surface area contributed by atoms with Crippen molar-refractivity contribution in [1.82, 2.24) is 5.32 Å². The second kappa shape index (κ2) is 3.23. The van der Waals surface area contributed by atoms with Gasteiger partial charge in [0.2, 0.25) is 5.91 Å². The van der Waals surface area contributed by atoms with Gasteiger partial charge in [0.25, 0.3) is 0 Å². The minimum absolute atomic E-state index is 0.0208. The number of rotatable bonds is 3. The van der Waals surface area contributed by atoms with Crippen LogP contribution in [0.15, 0.2) is 5.16 Å². The van der Waals surface area contributed by atoms with E-state index in [-0.39, 0.29) is 18.2 Å². The average Bonchev–Trinajstić information content (AvgIpc) is 2.71. The number of nitrogens with zero attached hydrogens (tertiary/aromatic N) is 1. The molecular formula is C6H11N3O2. The van der Waals surface area contributed by atoms with Crippen LogP contribution in [0.1, 0.15) is 19.3 Å². The van der Waals surface area contributed by atoms with Gasteiger partial charge in [0.05, 0.1) is 6.42 Å². The van der Waals surface area contributed by atoms with Crippen LogP contribution in [0.2, 0.25) is 0 Å². The summed E-state index contributed by atoms with van der Waals surface area (Å²) in [5.41, 5.74) is 5.11. The summed E-state index contributed by atoms with van der Waals surface area (Å²) in [4.78, 5) is 10.9. The maximum atomic E-state index is 10.9. The molecule has 0 aromatic rings. The molecule has 1 rings (SSSR count). The number of amides is 1. The monoisotopic (exact) mass is 157 g/mol. The van der Waals surface area contributed by atoms with Crippen LogP contribution in [0.25, 0.3) is 0 Å². The van der Waals surface area contributed by atoms with Crippen LogP contribution in [0.4, 0.5) is 0 Å². The number of hydrogen-bond acceptors (Lipinski definition) is 3. The molecule has 0 aliphatic heterocycles. The van der Waals surface area contributed by atoms with Gasteiger partial charge < -0.3 is 16.3 Å². The number of hydrogen-bond donors (Lipinski definition) is 3. The lowest BCUT2D eigenvalue weighted by Gasteiger charge is -2.00. The van der Waals surface area contributed by atoms with E-state index in [1.165, 1.54) is 0 Å². The summed E-state index contributed by atoms with van der Waals surface area (Å²) in [7, 11) is 0. The van der Waals surface area contributed by atoms with Gasteiger partial charge in [-0.2, -0.15) is 0 Å². The van der Waals surface area contributed by atoms with Gasteiger partial charge in [-0.1, -0.05) is 5.16 Å². The molecule has 1 aliphatic rings. The first-order valence-corrected chi connectivity index (χ1v) is 3.48. The fraction of sp³-hybridized carbons (Fsp3) is 0.667. The molecule has 1 aliphatic carbocycles. The van der Waals surface area contributed by atoms with Gasteiger partial charge in [-0.3, -0.25) is 4.79 Å². The molecule has 1 fully saturated rings. The molecule has 0 saturated heterocycles. The van der Waals surface area contributed by atoms with E-state index < -0.39 is 0 Å². The van der Waals surface area contributed by atoms with Gasteiger partial charge in [-0.15, -0.1) is 0 Å². The van der Waals surface area contributed by atoms with E-state index in [2.05, 4.69) is 10.5 Å². The summed E-state index contributed by atoms with van der Waals surface area (Å²) in [5, 5.41) is 13.5. The highest BCUT2D eigenvalue weighted by Gasteiger charge is 2.23. The third-order valence-electron chi connectivity index (χ3n) is 1.41. The van der Waals surface area contributed by atoms with Gasteiger partial charge in [-0.25, -0.2) is 0 Å². The molecule has 0 aromatic heterocycles. The lowest BCUT2D eigenvalue weighted by molar-refractivity contribution is -0.120. The highest BCUT2D eigenvalue weighted by Crippen LogP contribution is 2.18. The molecule has 0 atom stereocenters. The minimum Gasteiger partial charge on any atom is -0.409 e. The van der Waals surface area contributed by atoms with Crippen molar-refractivity contribution in [3.63, 3.8) is 0 Å². The molecule has 0 spiro atoms. The van der Waals surface area contributed by atoms with Gasteiger partial charge in [0, 0.05) is 6.04 Å². The number of amidine groups is 1. The van der Waals surface area contributed by atoms with Gasteiger partial charge in [0.15, 0.2) is 0 Å². The van der Waals surface area contributed by atoms with Crippen molar-refractivity contribution < 1.29 is 10.0 Å². The van der Waals surface area contributed by atoms with E-state index in [1.54, 1.807) is 0 Å². The summed E-state index contributed by atoms with van der Waals surface area (Å²) in [6.07, 6.45) is 2.07. The highest BCUT2D eigenvalue weighted by molar-refractivity contribution is 5.98. The number of nitrogens with two attached hydrogens (primary N) is 1. The Hall–Kier alpha value is -1.26. The normalized spacial score (nSPS) is 18.0. The Morgan fingerprint density at radius 1 is 1.73 bits per heavy atom. The van der Waals surface area contributed by atoms with Crippen LogP contribution in [0.5, 0.6) is 0 Å². The van der Waals surface area contributed by atoms with Gasteiger partial charge >= 0.3 is 0 Å². The number of carbonyl (C=O) groups excluding carboxylic acids is 1. The van der Waals surface area contributed by atoms with E-state index in [0.29, 0.717) is 6.04 Å². The van der Waals surface area contributed by atoms with Crippen molar-refractivity contribution in [2.45, 2.75) is 25.3 Å². The Labute approximate surface area is 64.3 Å². The SMILES string of the molecule is N/C(CC(=O)NC1CC1)=N\O. The summed E-state index contributed by atoms with van der Waals surface area (Å²) in [6.45, 7) is 0. The van der Waals surface area contributed by atoms with Crippen LogP contribution >= 0.6 is 0 Å². The Morgan fingerprint density at radius 2 is 2.36 bits per heavy atom. The van der Waals surface area contributed by atoms with Crippen molar-refractivity contribution in [1.29, 1.82) is 0 Å².